The van der Waals surface area contributed by atoms with E-state index in [1.165, 1.54) is 11.4 Å². The maximum Gasteiger partial charge on any atom is 0.214 e. The Morgan fingerprint density at radius 2 is 2.08 bits per heavy atom. The number of hydrogen-bond acceptors (Lipinski definition) is 1. The average molecular weight is 165 g/mol. The molecule has 1 heterocycles. The van der Waals surface area contributed by atoms with E-state index in [1.54, 1.807) is 4.68 Å². The third-order valence-electron chi connectivity index (χ3n) is 2.10. The van der Waals surface area contributed by atoms with Crippen LogP contribution in [0.3, 0.4) is 0 Å². The SMILES string of the molecule is CCc1cccc(C(C)C)[n+]1N. The van der Waals surface area contributed by atoms with Crippen molar-refractivity contribution >= 4 is 0 Å². The van der Waals surface area contributed by atoms with Crippen LogP contribution in [-0.4, -0.2) is 0 Å². The first-order valence-electron chi connectivity index (χ1n) is 4.45. The lowest BCUT2D eigenvalue weighted by atomic mass is 10.1. The molecule has 0 saturated heterocycles. The Balaban J connectivity index is 3.14. The summed E-state index contributed by atoms with van der Waals surface area (Å²) in [6.07, 6.45) is 0.983. The lowest BCUT2D eigenvalue weighted by Gasteiger charge is -2.03. The smallest absolute Gasteiger partial charge is 0.205 e. The van der Waals surface area contributed by atoms with Crippen LogP contribution in [0.2, 0.25) is 0 Å². The molecule has 66 valence electrons. The third kappa shape index (κ3) is 1.58. The van der Waals surface area contributed by atoms with Gasteiger partial charge in [-0.15, -0.1) is 0 Å². The van der Waals surface area contributed by atoms with Crippen LogP contribution in [0.25, 0.3) is 0 Å². The van der Waals surface area contributed by atoms with Crippen molar-refractivity contribution < 1.29 is 4.68 Å². The van der Waals surface area contributed by atoms with E-state index in [2.05, 4.69) is 39.0 Å². The van der Waals surface area contributed by atoms with Gasteiger partial charge < -0.3 is 0 Å². The molecule has 0 spiro atoms. The van der Waals surface area contributed by atoms with Crippen LogP contribution < -0.4 is 10.5 Å². The van der Waals surface area contributed by atoms with Gasteiger partial charge in [-0.3, -0.25) is 0 Å². The molecule has 0 bridgehead atoms. The van der Waals surface area contributed by atoms with Crippen molar-refractivity contribution in [3.8, 4) is 0 Å². The molecule has 0 aromatic carbocycles. The summed E-state index contributed by atoms with van der Waals surface area (Å²) in [5, 5.41) is 0. The van der Waals surface area contributed by atoms with Gasteiger partial charge in [0.1, 0.15) is 0 Å². The summed E-state index contributed by atoms with van der Waals surface area (Å²) in [7, 11) is 0. The fourth-order valence-corrected chi connectivity index (χ4v) is 1.34. The molecule has 2 N–H and O–H groups in total. The summed E-state index contributed by atoms with van der Waals surface area (Å²) in [5.41, 5.74) is 2.37. The van der Waals surface area contributed by atoms with Crippen molar-refractivity contribution in [2.75, 3.05) is 5.84 Å². The van der Waals surface area contributed by atoms with E-state index in [-0.39, 0.29) is 0 Å². The van der Waals surface area contributed by atoms with Crippen molar-refractivity contribution in [1.29, 1.82) is 0 Å². The first-order valence-corrected chi connectivity index (χ1v) is 4.45. The molecule has 0 fully saturated rings. The zero-order chi connectivity index (χ0) is 9.14. The minimum absolute atomic E-state index is 0.487. The highest BCUT2D eigenvalue weighted by molar-refractivity contribution is 5.06. The molecule has 0 atom stereocenters. The molecule has 1 rings (SSSR count). The number of rotatable bonds is 2. The van der Waals surface area contributed by atoms with Gasteiger partial charge in [0.2, 0.25) is 11.4 Å². The Morgan fingerprint density at radius 3 is 2.58 bits per heavy atom. The van der Waals surface area contributed by atoms with Crippen LogP contribution >= 0.6 is 0 Å². The highest BCUT2D eigenvalue weighted by Crippen LogP contribution is 2.08. The Labute approximate surface area is 74.0 Å². The fourth-order valence-electron chi connectivity index (χ4n) is 1.34. The van der Waals surface area contributed by atoms with E-state index in [0.29, 0.717) is 5.92 Å². The minimum Gasteiger partial charge on any atom is -0.205 e. The number of nitrogens with zero attached hydrogens (tertiary/aromatic N) is 1. The van der Waals surface area contributed by atoms with E-state index >= 15 is 0 Å². The predicted octanol–water partition coefficient (Wildman–Crippen LogP) is 1.37. The number of nitrogen functional groups attached to an aromatic ring is 1. The Bertz CT molecular complexity index is 267. The molecular weight excluding hydrogens is 148 g/mol. The largest absolute Gasteiger partial charge is 0.214 e. The highest BCUT2D eigenvalue weighted by Gasteiger charge is 2.14. The molecule has 0 amide bonds. The monoisotopic (exact) mass is 165 g/mol. The quantitative estimate of drug-likeness (QED) is 0.520. The average Bonchev–Trinajstić information content (AvgIpc) is 2.04. The van der Waals surface area contributed by atoms with E-state index < -0.39 is 0 Å². The maximum absolute atomic E-state index is 5.91. The second kappa shape index (κ2) is 3.57. The van der Waals surface area contributed by atoms with Crippen molar-refractivity contribution in [3.63, 3.8) is 0 Å². The predicted molar refractivity (Wildman–Crippen MR) is 50.3 cm³/mol. The van der Waals surface area contributed by atoms with Gasteiger partial charge in [0.05, 0.1) is 0 Å². The normalized spacial score (nSPS) is 10.7. The van der Waals surface area contributed by atoms with Gasteiger partial charge in [0.25, 0.3) is 0 Å². The van der Waals surface area contributed by atoms with Crippen molar-refractivity contribution in [2.45, 2.75) is 33.1 Å². The van der Waals surface area contributed by atoms with E-state index in [0.717, 1.165) is 6.42 Å². The molecule has 0 radical (unpaired) electrons. The van der Waals surface area contributed by atoms with Crippen molar-refractivity contribution in [3.05, 3.63) is 29.6 Å². The first kappa shape index (κ1) is 9.04. The molecule has 0 aliphatic carbocycles. The molecule has 12 heavy (non-hydrogen) atoms. The zero-order valence-corrected chi connectivity index (χ0v) is 8.04. The molecule has 0 unspecified atom stereocenters. The summed E-state index contributed by atoms with van der Waals surface area (Å²) in [6.45, 7) is 6.42. The van der Waals surface area contributed by atoms with Gasteiger partial charge in [-0.05, 0) is 6.07 Å². The van der Waals surface area contributed by atoms with Gasteiger partial charge in [0, 0.05) is 24.5 Å². The molecule has 2 heteroatoms. The molecule has 0 aliphatic rings. The summed E-state index contributed by atoms with van der Waals surface area (Å²) < 4.78 is 1.80. The Hall–Kier alpha value is -1.05. The molecular formula is C10H17N2+. The molecule has 0 saturated carbocycles. The van der Waals surface area contributed by atoms with Crippen molar-refractivity contribution in [1.82, 2.24) is 0 Å². The Morgan fingerprint density at radius 1 is 1.42 bits per heavy atom. The highest BCUT2D eigenvalue weighted by atomic mass is 15.3. The summed E-state index contributed by atoms with van der Waals surface area (Å²) >= 11 is 0. The van der Waals surface area contributed by atoms with Gasteiger partial charge >= 0.3 is 0 Å². The van der Waals surface area contributed by atoms with Crippen LogP contribution in [0, 0.1) is 0 Å². The molecule has 1 aromatic rings. The molecule has 1 aromatic heterocycles. The van der Waals surface area contributed by atoms with Gasteiger partial charge in [-0.2, -0.15) is 0 Å². The van der Waals surface area contributed by atoms with Crippen LogP contribution in [-0.2, 0) is 6.42 Å². The maximum atomic E-state index is 5.91. The third-order valence-corrected chi connectivity index (χ3v) is 2.10. The van der Waals surface area contributed by atoms with Crippen LogP contribution in [0.5, 0.6) is 0 Å². The van der Waals surface area contributed by atoms with Crippen molar-refractivity contribution in [2.24, 2.45) is 0 Å². The summed E-state index contributed by atoms with van der Waals surface area (Å²) in [5.74, 6) is 6.40. The standard InChI is InChI=1S/C10H17N2/c1-4-9-6-5-7-10(8(2)3)12(9)11/h5-8H,4,11H2,1-3H3/q+1. The minimum atomic E-state index is 0.487. The second-order valence-corrected chi connectivity index (χ2v) is 3.32. The van der Waals surface area contributed by atoms with Gasteiger partial charge in [0.15, 0.2) is 0 Å². The number of pyridine rings is 1. The van der Waals surface area contributed by atoms with Gasteiger partial charge in [-0.25, -0.2) is 5.84 Å². The number of nitrogens with two attached hydrogens (primary N) is 1. The zero-order valence-electron chi connectivity index (χ0n) is 8.04. The number of hydrogen-bond donors (Lipinski definition) is 1. The Kier molecular flexibility index (Phi) is 2.69. The number of aromatic nitrogens is 1. The van der Waals surface area contributed by atoms with E-state index in [4.69, 9.17) is 5.84 Å². The summed E-state index contributed by atoms with van der Waals surface area (Å²) in [4.78, 5) is 0. The van der Waals surface area contributed by atoms with Crippen LogP contribution in [0.15, 0.2) is 18.2 Å². The second-order valence-electron chi connectivity index (χ2n) is 3.32. The van der Waals surface area contributed by atoms with Crippen LogP contribution in [0.4, 0.5) is 0 Å². The lowest BCUT2D eigenvalue weighted by molar-refractivity contribution is -0.655. The van der Waals surface area contributed by atoms with E-state index in [9.17, 15) is 0 Å². The van der Waals surface area contributed by atoms with Crippen LogP contribution in [0.1, 0.15) is 38.1 Å². The molecule has 0 aliphatic heterocycles. The molecule has 2 nitrogen and oxygen atoms in total. The lowest BCUT2D eigenvalue weighted by Crippen LogP contribution is -2.51. The number of aryl methyl sites for hydroxylation is 1. The van der Waals surface area contributed by atoms with Gasteiger partial charge in [-0.1, -0.05) is 25.4 Å². The summed E-state index contributed by atoms with van der Waals surface area (Å²) in [6, 6.07) is 6.20. The van der Waals surface area contributed by atoms with E-state index in [1.807, 2.05) is 0 Å². The fraction of sp³-hybridized carbons (Fsp3) is 0.500. The topological polar surface area (TPSA) is 29.9 Å². The first-order chi connectivity index (χ1) is 5.66.